The fourth-order valence-electron chi connectivity index (χ4n) is 3.01. The smallest absolute Gasteiger partial charge is 0.250 e. The predicted octanol–water partition coefficient (Wildman–Crippen LogP) is 3.99. The molecule has 6 nitrogen and oxygen atoms in total. The van der Waals surface area contributed by atoms with Crippen molar-refractivity contribution in [2.75, 3.05) is 0 Å². The van der Waals surface area contributed by atoms with Gasteiger partial charge in [0.15, 0.2) is 15.4 Å². The highest BCUT2D eigenvalue weighted by atomic mass is 32.1. The van der Waals surface area contributed by atoms with Gasteiger partial charge in [-0.25, -0.2) is 0 Å². The van der Waals surface area contributed by atoms with Crippen LogP contribution in [0.3, 0.4) is 0 Å². The number of thiazole rings is 1. The molecule has 0 bridgehead atoms. The van der Waals surface area contributed by atoms with Crippen LogP contribution in [0.2, 0.25) is 0 Å². The number of amides is 1. The molecule has 0 aliphatic heterocycles. The number of rotatable bonds is 4. The van der Waals surface area contributed by atoms with E-state index in [2.05, 4.69) is 15.2 Å². The molecule has 2 heterocycles. The zero-order valence-corrected chi connectivity index (χ0v) is 17.2. The summed E-state index contributed by atoms with van der Waals surface area (Å²) < 4.78 is 5.39. The van der Waals surface area contributed by atoms with E-state index in [1.165, 1.54) is 16.9 Å². The average Bonchev–Trinajstić information content (AvgIpc) is 3.21. The molecule has 0 saturated carbocycles. The fourth-order valence-corrected chi connectivity index (χ4v) is 4.27. The quantitative estimate of drug-likeness (QED) is 0.518. The predicted molar refractivity (Wildman–Crippen MR) is 114 cm³/mol. The SMILES string of the molecule is Cc1ccc(-c2n[nH]c(=S)n2CCC(=O)N=c2sc3ccccc3n2C)cc1. The van der Waals surface area contributed by atoms with Gasteiger partial charge < -0.3 is 4.57 Å². The maximum absolute atomic E-state index is 12.5. The molecule has 0 unspecified atom stereocenters. The second-order valence-corrected chi connectivity index (χ2v) is 7.93. The summed E-state index contributed by atoms with van der Waals surface area (Å²) in [5.41, 5.74) is 3.20. The van der Waals surface area contributed by atoms with Crippen molar-refractivity contribution >= 4 is 39.7 Å². The highest BCUT2D eigenvalue weighted by molar-refractivity contribution is 7.71. The monoisotopic (exact) mass is 409 g/mol. The second kappa shape index (κ2) is 7.65. The molecule has 8 heteroatoms. The van der Waals surface area contributed by atoms with Gasteiger partial charge in [0.25, 0.3) is 0 Å². The first kappa shape index (κ1) is 18.5. The maximum Gasteiger partial charge on any atom is 0.250 e. The lowest BCUT2D eigenvalue weighted by atomic mass is 10.1. The summed E-state index contributed by atoms with van der Waals surface area (Å²) in [5, 5.41) is 7.14. The standard InChI is InChI=1S/C20H19N5OS2/c1-13-7-9-14(10-8-13)18-22-23-19(27)25(18)12-11-17(26)21-20-24(2)15-5-3-4-6-16(15)28-20/h3-10H,11-12H2,1-2H3,(H,23,27). The molecule has 0 spiro atoms. The topological polar surface area (TPSA) is 68.0 Å². The van der Waals surface area contributed by atoms with Gasteiger partial charge in [0, 0.05) is 25.6 Å². The number of nitrogens with zero attached hydrogens (tertiary/aromatic N) is 4. The summed E-state index contributed by atoms with van der Waals surface area (Å²) in [6.07, 6.45) is 0.251. The molecule has 0 saturated heterocycles. The van der Waals surface area contributed by atoms with Crippen LogP contribution < -0.4 is 4.80 Å². The zero-order chi connectivity index (χ0) is 19.7. The molecule has 0 atom stereocenters. The van der Waals surface area contributed by atoms with E-state index in [1.54, 1.807) is 0 Å². The Kier molecular flexibility index (Phi) is 5.06. The van der Waals surface area contributed by atoms with E-state index in [-0.39, 0.29) is 12.3 Å². The van der Waals surface area contributed by atoms with Crippen molar-refractivity contribution in [1.82, 2.24) is 19.3 Å². The first-order chi connectivity index (χ1) is 13.5. The molecular weight excluding hydrogens is 390 g/mol. The van der Waals surface area contributed by atoms with Gasteiger partial charge in [-0.15, -0.1) is 0 Å². The van der Waals surface area contributed by atoms with E-state index in [1.807, 2.05) is 71.6 Å². The van der Waals surface area contributed by atoms with Crippen molar-refractivity contribution in [1.29, 1.82) is 0 Å². The van der Waals surface area contributed by atoms with E-state index < -0.39 is 0 Å². The number of carbonyl (C=O) groups excluding carboxylic acids is 1. The molecule has 1 N–H and O–H groups in total. The fraction of sp³-hybridized carbons (Fsp3) is 0.200. The Morgan fingerprint density at radius 2 is 1.96 bits per heavy atom. The summed E-state index contributed by atoms with van der Waals surface area (Å²) in [4.78, 5) is 17.5. The number of nitrogens with one attached hydrogen (secondary N) is 1. The Hall–Kier alpha value is -2.84. The van der Waals surface area contributed by atoms with Gasteiger partial charge in [-0.1, -0.05) is 53.3 Å². The molecule has 28 heavy (non-hydrogen) atoms. The lowest BCUT2D eigenvalue weighted by molar-refractivity contribution is -0.118. The number of aromatic amines is 1. The Morgan fingerprint density at radius 1 is 1.21 bits per heavy atom. The molecule has 2 aromatic carbocycles. The van der Waals surface area contributed by atoms with Crippen molar-refractivity contribution in [3.05, 3.63) is 63.7 Å². The zero-order valence-electron chi connectivity index (χ0n) is 15.5. The molecule has 0 fully saturated rings. The van der Waals surface area contributed by atoms with Crippen LogP contribution in [0.25, 0.3) is 21.6 Å². The minimum Gasteiger partial charge on any atom is -0.319 e. The number of benzene rings is 2. The normalized spacial score (nSPS) is 12.0. The summed E-state index contributed by atoms with van der Waals surface area (Å²) in [6.45, 7) is 2.46. The van der Waals surface area contributed by atoms with Gasteiger partial charge in [0.05, 0.1) is 10.2 Å². The molecule has 4 rings (SSSR count). The summed E-state index contributed by atoms with van der Waals surface area (Å²) in [7, 11) is 1.92. The number of hydrogen-bond donors (Lipinski definition) is 1. The number of aromatic nitrogens is 4. The lowest BCUT2D eigenvalue weighted by Gasteiger charge is -2.05. The van der Waals surface area contributed by atoms with Crippen LogP contribution in [0.15, 0.2) is 53.5 Å². The van der Waals surface area contributed by atoms with E-state index in [9.17, 15) is 4.79 Å². The number of carbonyl (C=O) groups is 1. The number of aryl methyl sites for hydroxylation is 2. The molecule has 1 amide bonds. The van der Waals surface area contributed by atoms with Crippen molar-refractivity contribution in [2.45, 2.75) is 19.9 Å². The van der Waals surface area contributed by atoms with Crippen molar-refractivity contribution in [3.8, 4) is 11.4 Å². The second-order valence-electron chi connectivity index (χ2n) is 6.54. The largest absolute Gasteiger partial charge is 0.319 e. The van der Waals surface area contributed by atoms with E-state index >= 15 is 0 Å². The minimum absolute atomic E-state index is 0.180. The van der Waals surface area contributed by atoms with Gasteiger partial charge >= 0.3 is 0 Å². The molecular formula is C20H19N5OS2. The third-order valence-electron chi connectivity index (χ3n) is 4.55. The third-order valence-corrected chi connectivity index (χ3v) is 5.98. The van der Waals surface area contributed by atoms with Gasteiger partial charge in [-0.2, -0.15) is 10.1 Å². The van der Waals surface area contributed by atoms with E-state index in [0.29, 0.717) is 16.1 Å². The lowest BCUT2D eigenvalue weighted by Crippen LogP contribution is -2.14. The minimum atomic E-state index is -0.180. The Morgan fingerprint density at radius 3 is 2.71 bits per heavy atom. The van der Waals surface area contributed by atoms with Crippen molar-refractivity contribution < 1.29 is 4.79 Å². The van der Waals surface area contributed by atoms with Crippen LogP contribution in [0.4, 0.5) is 0 Å². The Balaban J connectivity index is 1.57. The Labute approximate surface area is 170 Å². The number of para-hydroxylation sites is 1. The van der Waals surface area contributed by atoms with Gasteiger partial charge in [0.1, 0.15) is 0 Å². The molecule has 0 aliphatic carbocycles. The summed E-state index contributed by atoms with van der Waals surface area (Å²) >= 11 is 6.86. The van der Waals surface area contributed by atoms with Crippen LogP contribution in [0, 0.1) is 11.7 Å². The summed E-state index contributed by atoms with van der Waals surface area (Å²) in [6, 6.07) is 16.1. The molecule has 4 aromatic rings. The number of H-pyrrole nitrogens is 1. The Bertz CT molecular complexity index is 1270. The van der Waals surface area contributed by atoms with Gasteiger partial charge in [0.2, 0.25) is 5.91 Å². The van der Waals surface area contributed by atoms with Crippen LogP contribution in [-0.2, 0) is 18.4 Å². The first-order valence-corrected chi connectivity index (χ1v) is 10.1. The maximum atomic E-state index is 12.5. The van der Waals surface area contributed by atoms with Crippen LogP contribution >= 0.6 is 23.6 Å². The van der Waals surface area contributed by atoms with Crippen LogP contribution in [0.1, 0.15) is 12.0 Å². The van der Waals surface area contributed by atoms with Gasteiger partial charge in [-0.05, 0) is 31.3 Å². The van der Waals surface area contributed by atoms with E-state index in [4.69, 9.17) is 12.2 Å². The first-order valence-electron chi connectivity index (χ1n) is 8.87. The number of fused-ring (bicyclic) bond motifs is 1. The molecule has 142 valence electrons. The van der Waals surface area contributed by atoms with Crippen molar-refractivity contribution in [2.24, 2.45) is 12.0 Å². The third kappa shape index (κ3) is 3.61. The molecule has 0 aliphatic rings. The van der Waals surface area contributed by atoms with Crippen LogP contribution in [0.5, 0.6) is 0 Å². The van der Waals surface area contributed by atoms with E-state index in [0.717, 1.165) is 21.6 Å². The average molecular weight is 410 g/mol. The van der Waals surface area contributed by atoms with Crippen LogP contribution in [-0.4, -0.2) is 25.2 Å². The highest BCUT2D eigenvalue weighted by Gasteiger charge is 2.11. The highest BCUT2D eigenvalue weighted by Crippen LogP contribution is 2.18. The molecule has 0 radical (unpaired) electrons. The van der Waals surface area contributed by atoms with Crippen molar-refractivity contribution in [3.63, 3.8) is 0 Å². The summed E-state index contributed by atoms with van der Waals surface area (Å²) in [5.74, 6) is 0.547. The number of hydrogen-bond acceptors (Lipinski definition) is 4. The molecule has 2 aromatic heterocycles. The van der Waals surface area contributed by atoms with Gasteiger partial charge in [-0.3, -0.25) is 14.5 Å².